The molecule has 0 heterocycles. The number of rotatable bonds is 5. The lowest BCUT2D eigenvalue weighted by Crippen LogP contribution is -2.22. The normalized spacial score (nSPS) is 10.0. The summed E-state index contributed by atoms with van der Waals surface area (Å²) >= 11 is 0. The first-order valence-electron chi connectivity index (χ1n) is 7.33. The van der Waals surface area contributed by atoms with Gasteiger partial charge in [-0.2, -0.15) is 0 Å². The van der Waals surface area contributed by atoms with E-state index in [9.17, 15) is 9.59 Å². The molecule has 0 saturated carbocycles. The fourth-order valence-electron chi connectivity index (χ4n) is 2.09. The first-order chi connectivity index (χ1) is 11.4. The number of nitrogens with one attached hydrogen (secondary N) is 1. The largest absolute Gasteiger partial charge is 0.497 e. The Labute approximate surface area is 141 Å². The Kier molecular flexibility index (Phi) is 5.42. The maximum atomic E-state index is 12.4. The van der Waals surface area contributed by atoms with Gasteiger partial charge in [0.1, 0.15) is 11.5 Å². The number of hydrogen-bond donors (Lipinski definition) is 1. The van der Waals surface area contributed by atoms with E-state index in [1.807, 2.05) is 0 Å². The molecule has 6 nitrogen and oxygen atoms in total. The number of amides is 2. The van der Waals surface area contributed by atoms with Crippen molar-refractivity contribution in [1.29, 1.82) is 0 Å². The fourth-order valence-corrected chi connectivity index (χ4v) is 2.09. The third kappa shape index (κ3) is 4.04. The van der Waals surface area contributed by atoms with E-state index < -0.39 is 0 Å². The summed E-state index contributed by atoms with van der Waals surface area (Å²) in [6, 6.07) is 12.0. The maximum absolute atomic E-state index is 12.4. The van der Waals surface area contributed by atoms with Crippen LogP contribution in [0.1, 0.15) is 17.3 Å². The molecule has 0 unspecified atom stereocenters. The highest BCUT2D eigenvalue weighted by atomic mass is 16.5. The van der Waals surface area contributed by atoms with E-state index in [2.05, 4.69) is 5.32 Å². The Balaban J connectivity index is 2.16. The number of hydrogen-bond acceptors (Lipinski definition) is 4. The van der Waals surface area contributed by atoms with Crippen LogP contribution in [-0.4, -0.2) is 33.1 Å². The van der Waals surface area contributed by atoms with Gasteiger partial charge < -0.3 is 19.7 Å². The average Bonchev–Trinajstić information content (AvgIpc) is 2.61. The SMILES string of the molecule is COc1cc(OC)cc(C(=O)Nc2ccc(N(C)C(C)=O)cc2)c1. The summed E-state index contributed by atoms with van der Waals surface area (Å²) in [6.45, 7) is 1.49. The number of benzene rings is 2. The highest BCUT2D eigenvalue weighted by Crippen LogP contribution is 2.24. The molecule has 2 aromatic rings. The minimum atomic E-state index is -0.278. The summed E-state index contributed by atoms with van der Waals surface area (Å²) in [4.78, 5) is 25.3. The summed E-state index contributed by atoms with van der Waals surface area (Å²) in [6.07, 6.45) is 0. The van der Waals surface area contributed by atoms with Crippen LogP contribution in [0.4, 0.5) is 11.4 Å². The lowest BCUT2D eigenvalue weighted by molar-refractivity contribution is -0.116. The molecule has 0 saturated heterocycles. The van der Waals surface area contributed by atoms with E-state index in [1.54, 1.807) is 49.5 Å². The van der Waals surface area contributed by atoms with Gasteiger partial charge in [-0.05, 0) is 36.4 Å². The predicted molar refractivity (Wildman–Crippen MR) is 93.0 cm³/mol. The molecule has 24 heavy (non-hydrogen) atoms. The second-order valence-electron chi connectivity index (χ2n) is 5.18. The van der Waals surface area contributed by atoms with Gasteiger partial charge in [-0.3, -0.25) is 9.59 Å². The van der Waals surface area contributed by atoms with Crippen molar-refractivity contribution in [3.8, 4) is 11.5 Å². The Hall–Kier alpha value is -3.02. The van der Waals surface area contributed by atoms with Crippen LogP contribution in [0.3, 0.4) is 0 Å². The summed E-state index contributed by atoms with van der Waals surface area (Å²) in [7, 11) is 4.75. The highest BCUT2D eigenvalue weighted by molar-refractivity contribution is 6.05. The molecule has 0 atom stereocenters. The van der Waals surface area contributed by atoms with Gasteiger partial charge in [-0.15, -0.1) is 0 Å². The standard InChI is InChI=1S/C18H20N2O4/c1-12(21)20(2)15-7-5-14(6-8-15)19-18(22)13-9-16(23-3)11-17(10-13)24-4/h5-11H,1-4H3,(H,19,22). The molecule has 1 N–H and O–H groups in total. The first kappa shape index (κ1) is 17.3. The van der Waals surface area contributed by atoms with Crippen LogP contribution in [0.15, 0.2) is 42.5 Å². The maximum Gasteiger partial charge on any atom is 0.255 e. The van der Waals surface area contributed by atoms with Crippen LogP contribution in [-0.2, 0) is 4.79 Å². The van der Waals surface area contributed by atoms with Crippen LogP contribution in [0.25, 0.3) is 0 Å². The van der Waals surface area contributed by atoms with E-state index in [4.69, 9.17) is 9.47 Å². The van der Waals surface area contributed by atoms with Crippen molar-refractivity contribution in [3.05, 3.63) is 48.0 Å². The summed E-state index contributed by atoms with van der Waals surface area (Å²) in [5.74, 6) is 0.742. The van der Waals surface area contributed by atoms with Crippen LogP contribution in [0, 0.1) is 0 Å². The Morgan fingerprint density at radius 2 is 1.50 bits per heavy atom. The smallest absolute Gasteiger partial charge is 0.255 e. The Morgan fingerprint density at radius 1 is 0.958 bits per heavy atom. The molecule has 0 spiro atoms. The molecular formula is C18H20N2O4. The molecule has 0 bridgehead atoms. The average molecular weight is 328 g/mol. The quantitative estimate of drug-likeness (QED) is 0.916. The van der Waals surface area contributed by atoms with Crippen LogP contribution >= 0.6 is 0 Å². The van der Waals surface area contributed by atoms with Crippen molar-refractivity contribution in [3.63, 3.8) is 0 Å². The fraction of sp³-hybridized carbons (Fsp3) is 0.222. The van der Waals surface area contributed by atoms with E-state index in [0.717, 1.165) is 5.69 Å². The zero-order valence-corrected chi connectivity index (χ0v) is 14.1. The molecule has 6 heteroatoms. The molecule has 126 valence electrons. The predicted octanol–water partition coefficient (Wildman–Crippen LogP) is 2.94. The lowest BCUT2D eigenvalue weighted by Gasteiger charge is -2.15. The van der Waals surface area contributed by atoms with Gasteiger partial charge in [0, 0.05) is 37.0 Å². The number of carbonyl (C=O) groups is 2. The minimum absolute atomic E-state index is 0.0599. The zero-order chi connectivity index (χ0) is 17.7. The molecule has 0 aliphatic heterocycles. The monoisotopic (exact) mass is 328 g/mol. The number of carbonyl (C=O) groups excluding carboxylic acids is 2. The molecule has 2 amide bonds. The van der Waals surface area contributed by atoms with Crippen LogP contribution < -0.4 is 19.7 Å². The molecule has 0 aromatic heterocycles. The second-order valence-corrected chi connectivity index (χ2v) is 5.18. The van der Waals surface area contributed by atoms with Gasteiger partial charge in [-0.25, -0.2) is 0 Å². The molecule has 0 aliphatic rings. The number of nitrogens with zero attached hydrogens (tertiary/aromatic N) is 1. The van der Waals surface area contributed by atoms with Crippen molar-refractivity contribution in [2.24, 2.45) is 0 Å². The van der Waals surface area contributed by atoms with Gasteiger partial charge in [0.25, 0.3) is 5.91 Å². The summed E-state index contributed by atoms with van der Waals surface area (Å²) < 4.78 is 10.3. The van der Waals surface area contributed by atoms with Gasteiger partial charge in [-0.1, -0.05) is 0 Å². The van der Waals surface area contributed by atoms with Crippen molar-refractivity contribution >= 4 is 23.2 Å². The van der Waals surface area contributed by atoms with E-state index in [-0.39, 0.29) is 11.8 Å². The van der Waals surface area contributed by atoms with Gasteiger partial charge >= 0.3 is 0 Å². The molecule has 2 aromatic carbocycles. The number of anilines is 2. The minimum Gasteiger partial charge on any atom is -0.497 e. The van der Waals surface area contributed by atoms with Gasteiger partial charge in [0.05, 0.1) is 14.2 Å². The van der Waals surface area contributed by atoms with Gasteiger partial charge in [0.15, 0.2) is 0 Å². The highest BCUT2D eigenvalue weighted by Gasteiger charge is 2.11. The first-order valence-corrected chi connectivity index (χ1v) is 7.33. The Bertz CT molecular complexity index is 719. The topological polar surface area (TPSA) is 67.9 Å². The van der Waals surface area contributed by atoms with Gasteiger partial charge in [0.2, 0.25) is 5.91 Å². The third-order valence-electron chi connectivity index (χ3n) is 3.60. The van der Waals surface area contributed by atoms with Crippen molar-refractivity contribution in [2.75, 3.05) is 31.5 Å². The zero-order valence-electron chi connectivity index (χ0n) is 14.1. The van der Waals surface area contributed by atoms with E-state index >= 15 is 0 Å². The van der Waals surface area contributed by atoms with Crippen molar-refractivity contribution < 1.29 is 19.1 Å². The number of methoxy groups -OCH3 is 2. The molecule has 0 aliphatic carbocycles. The third-order valence-corrected chi connectivity index (χ3v) is 3.60. The summed E-state index contributed by atoms with van der Waals surface area (Å²) in [5, 5.41) is 2.80. The van der Waals surface area contributed by atoms with Crippen molar-refractivity contribution in [1.82, 2.24) is 0 Å². The van der Waals surface area contributed by atoms with Crippen LogP contribution in [0.5, 0.6) is 11.5 Å². The summed E-state index contributed by atoms with van der Waals surface area (Å²) in [5.41, 5.74) is 1.81. The second kappa shape index (κ2) is 7.50. The van der Waals surface area contributed by atoms with E-state index in [0.29, 0.717) is 22.7 Å². The molecular weight excluding hydrogens is 308 g/mol. The molecule has 0 fully saturated rings. The molecule has 2 rings (SSSR count). The lowest BCUT2D eigenvalue weighted by atomic mass is 10.1. The van der Waals surface area contributed by atoms with E-state index in [1.165, 1.54) is 26.0 Å². The van der Waals surface area contributed by atoms with Crippen LogP contribution in [0.2, 0.25) is 0 Å². The molecule has 0 radical (unpaired) electrons. The Morgan fingerprint density at radius 3 is 1.96 bits per heavy atom. The number of ether oxygens (including phenoxy) is 2. The van der Waals surface area contributed by atoms with Crippen molar-refractivity contribution in [2.45, 2.75) is 6.92 Å².